The van der Waals surface area contributed by atoms with Gasteiger partial charge in [-0.3, -0.25) is 14.3 Å². The molecule has 13 heteroatoms. The van der Waals surface area contributed by atoms with Gasteiger partial charge < -0.3 is 10.1 Å². The third kappa shape index (κ3) is 3.91. The minimum absolute atomic E-state index is 0.0941. The molecule has 0 saturated heterocycles. The topological polar surface area (TPSA) is 109 Å². The first-order chi connectivity index (χ1) is 16.1. The molecule has 1 amide bonds. The summed E-state index contributed by atoms with van der Waals surface area (Å²) in [6.07, 6.45) is -4.20. The standard InChI is InChI=1S/C21H18F3N7O3/c1-12-17(20(33)31(29(12)2)13-7-5-4-6-8-13)26-19(32)14-11-25-30(18(14)21(22,23)24)15-9-10-16(34-3)28-27-15/h4-11H,1-3H3,(H,26,32). The number of benzene rings is 1. The number of para-hydroxylation sites is 1. The molecule has 0 aliphatic heterocycles. The summed E-state index contributed by atoms with van der Waals surface area (Å²) in [4.78, 5) is 25.9. The van der Waals surface area contributed by atoms with Gasteiger partial charge in [0.05, 0.1) is 30.3 Å². The second kappa shape index (κ2) is 8.50. The molecule has 3 heterocycles. The highest BCUT2D eigenvalue weighted by atomic mass is 19.4. The monoisotopic (exact) mass is 473 g/mol. The maximum atomic E-state index is 13.9. The Hall–Kier alpha value is -4.42. The van der Waals surface area contributed by atoms with Crippen molar-refractivity contribution in [2.75, 3.05) is 12.4 Å². The number of nitrogens with zero attached hydrogens (tertiary/aromatic N) is 6. The average Bonchev–Trinajstić information content (AvgIpc) is 3.36. The van der Waals surface area contributed by atoms with Crippen LogP contribution in [0.1, 0.15) is 21.7 Å². The molecule has 176 valence electrons. The molecule has 0 atom stereocenters. The lowest BCUT2D eigenvalue weighted by molar-refractivity contribution is -0.143. The number of hydrogen-bond donors (Lipinski definition) is 1. The normalized spacial score (nSPS) is 11.5. The summed E-state index contributed by atoms with van der Waals surface area (Å²) in [5.41, 5.74) is -2.01. The van der Waals surface area contributed by atoms with Crippen LogP contribution in [0.15, 0.2) is 53.5 Å². The smallest absolute Gasteiger partial charge is 0.434 e. The van der Waals surface area contributed by atoms with E-state index >= 15 is 0 Å². The predicted molar refractivity (Wildman–Crippen MR) is 114 cm³/mol. The Labute approximate surface area is 190 Å². The third-order valence-electron chi connectivity index (χ3n) is 5.13. The van der Waals surface area contributed by atoms with Gasteiger partial charge in [0.2, 0.25) is 5.88 Å². The van der Waals surface area contributed by atoms with E-state index in [0.29, 0.717) is 16.1 Å². The SMILES string of the molecule is COc1ccc(-n2ncc(C(=O)Nc3c(C)n(C)n(-c4ccccc4)c3=O)c2C(F)(F)F)nn1. The number of amides is 1. The predicted octanol–water partition coefficient (Wildman–Crippen LogP) is 2.74. The fraction of sp³-hybridized carbons (Fsp3) is 0.190. The fourth-order valence-corrected chi connectivity index (χ4v) is 3.39. The zero-order valence-electron chi connectivity index (χ0n) is 18.2. The summed E-state index contributed by atoms with van der Waals surface area (Å²) >= 11 is 0. The highest BCUT2D eigenvalue weighted by molar-refractivity contribution is 6.05. The van der Waals surface area contributed by atoms with E-state index < -0.39 is 28.9 Å². The summed E-state index contributed by atoms with van der Waals surface area (Å²) in [6, 6.07) is 11.1. The molecule has 4 rings (SSSR count). The van der Waals surface area contributed by atoms with Crippen molar-refractivity contribution in [2.45, 2.75) is 13.1 Å². The molecule has 0 unspecified atom stereocenters. The Balaban J connectivity index is 1.75. The van der Waals surface area contributed by atoms with Crippen LogP contribution < -0.4 is 15.6 Å². The molecular weight excluding hydrogens is 455 g/mol. The Morgan fingerprint density at radius 1 is 1.09 bits per heavy atom. The number of methoxy groups -OCH3 is 1. The van der Waals surface area contributed by atoms with Crippen LogP contribution in [0.3, 0.4) is 0 Å². The molecule has 1 N–H and O–H groups in total. The van der Waals surface area contributed by atoms with E-state index in [1.54, 1.807) is 44.3 Å². The number of anilines is 1. The van der Waals surface area contributed by atoms with E-state index in [2.05, 4.69) is 20.6 Å². The first kappa shape index (κ1) is 22.8. The maximum absolute atomic E-state index is 13.9. The minimum Gasteiger partial charge on any atom is -0.480 e. The number of ether oxygens (including phenoxy) is 1. The Morgan fingerprint density at radius 3 is 2.38 bits per heavy atom. The van der Waals surface area contributed by atoms with Crippen molar-refractivity contribution < 1.29 is 22.7 Å². The number of aromatic nitrogens is 6. The third-order valence-corrected chi connectivity index (χ3v) is 5.13. The summed E-state index contributed by atoms with van der Waals surface area (Å²) in [7, 11) is 2.93. The van der Waals surface area contributed by atoms with Gasteiger partial charge in [-0.05, 0) is 25.1 Å². The van der Waals surface area contributed by atoms with Crippen molar-refractivity contribution in [3.05, 3.63) is 76.0 Å². The zero-order valence-corrected chi connectivity index (χ0v) is 18.2. The summed E-state index contributed by atoms with van der Waals surface area (Å²) < 4.78 is 49.9. The molecule has 0 radical (unpaired) electrons. The minimum atomic E-state index is -4.96. The Morgan fingerprint density at radius 2 is 1.79 bits per heavy atom. The van der Waals surface area contributed by atoms with Gasteiger partial charge in [-0.25, -0.2) is 9.36 Å². The van der Waals surface area contributed by atoms with Gasteiger partial charge in [0.15, 0.2) is 11.5 Å². The summed E-state index contributed by atoms with van der Waals surface area (Å²) in [5, 5.41) is 13.3. The Kier molecular flexibility index (Phi) is 5.69. The highest BCUT2D eigenvalue weighted by Gasteiger charge is 2.41. The van der Waals surface area contributed by atoms with Crippen molar-refractivity contribution in [3.63, 3.8) is 0 Å². The average molecular weight is 473 g/mol. The molecule has 0 aliphatic carbocycles. The molecule has 0 fully saturated rings. The van der Waals surface area contributed by atoms with Crippen molar-refractivity contribution in [2.24, 2.45) is 7.05 Å². The van der Waals surface area contributed by atoms with Crippen molar-refractivity contribution in [1.82, 2.24) is 29.3 Å². The largest absolute Gasteiger partial charge is 0.480 e. The van der Waals surface area contributed by atoms with Crippen LogP contribution in [0.5, 0.6) is 5.88 Å². The first-order valence-corrected chi connectivity index (χ1v) is 9.82. The van der Waals surface area contributed by atoms with Gasteiger partial charge in [-0.2, -0.15) is 18.3 Å². The molecule has 10 nitrogen and oxygen atoms in total. The fourth-order valence-electron chi connectivity index (χ4n) is 3.39. The number of carbonyl (C=O) groups excluding carboxylic acids is 1. The van der Waals surface area contributed by atoms with Crippen LogP contribution in [0.2, 0.25) is 0 Å². The molecule has 0 bridgehead atoms. The van der Waals surface area contributed by atoms with Crippen LogP contribution in [-0.4, -0.2) is 42.4 Å². The van der Waals surface area contributed by atoms with E-state index in [0.717, 1.165) is 6.20 Å². The summed E-state index contributed by atoms with van der Waals surface area (Å²) in [5.74, 6) is -1.32. The van der Waals surface area contributed by atoms with Crippen LogP contribution in [0.4, 0.5) is 18.9 Å². The molecule has 0 spiro atoms. The van der Waals surface area contributed by atoms with Gasteiger partial charge in [0.1, 0.15) is 5.69 Å². The number of hydrogen-bond acceptors (Lipinski definition) is 6. The van der Waals surface area contributed by atoms with Crippen LogP contribution in [-0.2, 0) is 13.2 Å². The second-order valence-corrected chi connectivity index (χ2v) is 7.14. The van der Waals surface area contributed by atoms with Crippen LogP contribution >= 0.6 is 0 Å². The molecule has 3 aromatic heterocycles. The number of rotatable bonds is 5. The summed E-state index contributed by atoms with van der Waals surface area (Å²) in [6.45, 7) is 1.57. The lowest BCUT2D eigenvalue weighted by atomic mass is 10.2. The Bertz CT molecular complexity index is 1400. The van der Waals surface area contributed by atoms with Gasteiger partial charge in [0.25, 0.3) is 11.5 Å². The van der Waals surface area contributed by atoms with Gasteiger partial charge >= 0.3 is 6.18 Å². The quantitative estimate of drug-likeness (QED) is 0.478. The lowest BCUT2D eigenvalue weighted by Crippen LogP contribution is -2.25. The van der Waals surface area contributed by atoms with Crippen molar-refractivity contribution in [1.29, 1.82) is 0 Å². The van der Waals surface area contributed by atoms with Crippen LogP contribution in [0.25, 0.3) is 11.5 Å². The molecular formula is C21H18F3N7O3. The van der Waals surface area contributed by atoms with E-state index in [9.17, 15) is 22.8 Å². The molecule has 34 heavy (non-hydrogen) atoms. The van der Waals surface area contributed by atoms with Gasteiger partial charge in [-0.1, -0.05) is 18.2 Å². The molecule has 1 aromatic carbocycles. The molecule has 4 aromatic rings. The van der Waals surface area contributed by atoms with Crippen molar-refractivity contribution in [3.8, 4) is 17.4 Å². The molecule has 0 aliphatic rings. The lowest BCUT2D eigenvalue weighted by Gasteiger charge is -2.12. The zero-order chi connectivity index (χ0) is 24.6. The van der Waals surface area contributed by atoms with E-state index in [-0.39, 0.29) is 17.4 Å². The number of alkyl halides is 3. The maximum Gasteiger partial charge on any atom is 0.434 e. The van der Waals surface area contributed by atoms with E-state index in [1.165, 1.54) is 28.6 Å². The van der Waals surface area contributed by atoms with E-state index in [1.807, 2.05) is 0 Å². The number of carbonyl (C=O) groups is 1. The van der Waals surface area contributed by atoms with Gasteiger partial charge in [0, 0.05) is 13.1 Å². The number of halogens is 3. The van der Waals surface area contributed by atoms with Crippen LogP contribution in [0, 0.1) is 6.92 Å². The first-order valence-electron chi connectivity index (χ1n) is 9.82. The van der Waals surface area contributed by atoms with E-state index in [4.69, 9.17) is 4.74 Å². The van der Waals surface area contributed by atoms with Gasteiger partial charge in [-0.15, -0.1) is 10.2 Å². The molecule has 0 saturated carbocycles. The second-order valence-electron chi connectivity index (χ2n) is 7.14. The van der Waals surface area contributed by atoms with Crippen molar-refractivity contribution >= 4 is 11.6 Å². The number of nitrogens with one attached hydrogen (secondary N) is 1. The highest BCUT2D eigenvalue weighted by Crippen LogP contribution is 2.33.